The minimum atomic E-state index is 0. The van der Waals surface area contributed by atoms with Gasteiger partial charge in [-0.05, 0) is 0 Å². The first-order valence-corrected chi connectivity index (χ1v) is 3.15. The molecule has 0 aliphatic carbocycles. The molecule has 6 heteroatoms. The number of hydrogen-bond donors (Lipinski definition) is 2. The average molecular weight is 259 g/mol. The van der Waals surface area contributed by atoms with Crippen LogP contribution in [0.1, 0.15) is 0 Å². The van der Waals surface area contributed by atoms with Crippen molar-refractivity contribution in [3.8, 4) is 0 Å². The number of aromatic amines is 2. The topological polar surface area (TPSA) is 57.4 Å². The van der Waals surface area contributed by atoms with Crippen LogP contribution in [-0.2, 0) is 20.4 Å². The maximum atomic E-state index is 4.91. The van der Waals surface area contributed by atoms with Gasteiger partial charge in [0, 0.05) is 20.4 Å². The zero-order chi connectivity index (χ0) is 6.97. The molecular weight excluding hydrogens is 255 g/mol. The van der Waals surface area contributed by atoms with Gasteiger partial charge >= 0.3 is 0 Å². The Kier molecular flexibility index (Phi) is 2.50. The zero-order valence-corrected chi connectivity index (χ0v) is 7.64. The Morgan fingerprint density at radius 3 is 2.64 bits per heavy atom. The van der Waals surface area contributed by atoms with Gasteiger partial charge in [-0.15, -0.1) is 0 Å². The van der Waals surface area contributed by atoms with Crippen LogP contribution in [0.15, 0.2) is 12.7 Å². The molecule has 0 fully saturated rings. The number of nitrogens with one attached hydrogen (secondary N) is 2. The predicted octanol–water partition coefficient (Wildman–Crippen LogP) is 1.01. The van der Waals surface area contributed by atoms with Crippen molar-refractivity contribution in [2.24, 2.45) is 0 Å². The Morgan fingerprint density at radius 1 is 1.18 bits per heavy atom. The molecule has 0 saturated heterocycles. The van der Waals surface area contributed by atoms with Crippen molar-refractivity contribution in [2.45, 2.75) is 0 Å². The van der Waals surface area contributed by atoms with Crippen molar-refractivity contribution in [1.29, 1.82) is 0 Å². The van der Waals surface area contributed by atoms with Gasteiger partial charge in [0.15, 0.2) is 10.3 Å². The number of H-pyrrole nitrogens is 2. The van der Waals surface area contributed by atoms with E-state index in [1.54, 1.807) is 6.33 Å². The second-order valence-electron chi connectivity index (χ2n) is 1.83. The third-order valence-electron chi connectivity index (χ3n) is 1.24. The predicted molar refractivity (Wildman–Crippen MR) is 39.1 cm³/mol. The molecule has 0 unspecified atom stereocenters. The second kappa shape index (κ2) is 3.22. The fourth-order valence-electron chi connectivity index (χ4n) is 0.783. The summed E-state index contributed by atoms with van der Waals surface area (Å²) in [4.78, 5) is 13.6. The quantitative estimate of drug-likeness (QED) is 0.548. The van der Waals surface area contributed by atoms with Gasteiger partial charge in [-0.1, -0.05) is 12.2 Å². The third-order valence-corrected chi connectivity index (χ3v) is 1.55. The van der Waals surface area contributed by atoms with Crippen molar-refractivity contribution in [3.63, 3.8) is 0 Å². The van der Waals surface area contributed by atoms with Gasteiger partial charge in [0.2, 0.25) is 0 Å². The second-order valence-corrected chi connectivity index (χ2v) is 2.22. The Bertz CT molecular complexity index is 406. The molecule has 2 heterocycles. The van der Waals surface area contributed by atoms with Crippen LogP contribution in [0.5, 0.6) is 0 Å². The Morgan fingerprint density at radius 2 is 1.91 bits per heavy atom. The molecule has 0 saturated carbocycles. The van der Waals surface area contributed by atoms with Crippen LogP contribution < -0.4 is 0 Å². The largest absolute Gasteiger partial charge is 0.341 e. The molecule has 2 aromatic heterocycles. The summed E-state index contributed by atoms with van der Waals surface area (Å²) in [5.41, 5.74) is 1.54. The summed E-state index contributed by atoms with van der Waals surface area (Å²) in [5, 5.41) is 0. The van der Waals surface area contributed by atoms with E-state index < -0.39 is 0 Å². The van der Waals surface area contributed by atoms with Crippen LogP contribution in [0.25, 0.3) is 11.2 Å². The van der Waals surface area contributed by atoms with Gasteiger partial charge in [-0.25, -0.2) is 9.97 Å². The normalized spacial score (nSPS) is 9.45. The number of nitrogens with zero attached hydrogens (tertiary/aromatic N) is 2. The van der Waals surface area contributed by atoms with Gasteiger partial charge < -0.3 is 9.97 Å². The maximum Gasteiger partial charge on any atom is 0.159 e. The fourth-order valence-corrected chi connectivity index (χ4v) is 0.992. The maximum absolute atomic E-state index is 4.91. The molecule has 4 nitrogen and oxygen atoms in total. The van der Waals surface area contributed by atoms with Gasteiger partial charge in [-0.2, -0.15) is 0 Å². The van der Waals surface area contributed by atoms with E-state index in [-0.39, 0.29) is 20.4 Å². The van der Waals surface area contributed by atoms with E-state index in [1.165, 1.54) is 6.33 Å². The number of fused-ring (bicyclic) bond motifs is 1. The van der Waals surface area contributed by atoms with E-state index in [9.17, 15) is 0 Å². The van der Waals surface area contributed by atoms with Gasteiger partial charge in [-0.3, -0.25) is 0 Å². The summed E-state index contributed by atoms with van der Waals surface area (Å²) < 4.78 is 0.547. The van der Waals surface area contributed by atoms with Crippen LogP contribution in [0, 0.1) is 4.64 Å². The molecular formula is C5H4N4PdS. The van der Waals surface area contributed by atoms with E-state index in [1.807, 2.05) is 0 Å². The van der Waals surface area contributed by atoms with E-state index in [2.05, 4.69) is 19.9 Å². The Hall–Kier alpha value is -0.568. The molecule has 0 aromatic carbocycles. The minimum Gasteiger partial charge on any atom is -0.341 e. The van der Waals surface area contributed by atoms with E-state index in [0.717, 1.165) is 11.2 Å². The fraction of sp³-hybridized carbons (Fsp3) is 0. The zero-order valence-electron chi connectivity index (χ0n) is 5.27. The SMILES string of the molecule is S=c1nc[nH]c2nc[nH]c12.[Pd]. The number of aromatic nitrogens is 4. The monoisotopic (exact) mass is 258 g/mol. The molecule has 0 atom stereocenters. The summed E-state index contributed by atoms with van der Waals surface area (Å²) >= 11 is 4.91. The van der Waals surface area contributed by atoms with Crippen molar-refractivity contribution in [3.05, 3.63) is 17.3 Å². The Balaban J connectivity index is 0.000000605. The van der Waals surface area contributed by atoms with Crippen LogP contribution in [-0.4, -0.2) is 19.9 Å². The molecule has 0 aliphatic heterocycles. The van der Waals surface area contributed by atoms with Crippen molar-refractivity contribution in [2.75, 3.05) is 0 Å². The van der Waals surface area contributed by atoms with Gasteiger partial charge in [0.1, 0.15) is 5.52 Å². The van der Waals surface area contributed by atoms with Crippen LogP contribution in [0.3, 0.4) is 0 Å². The first kappa shape index (κ1) is 8.53. The summed E-state index contributed by atoms with van der Waals surface area (Å²) in [7, 11) is 0. The molecule has 2 N–H and O–H groups in total. The van der Waals surface area contributed by atoms with Crippen LogP contribution in [0.4, 0.5) is 0 Å². The van der Waals surface area contributed by atoms with Crippen molar-refractivity contribution < 1.29 is 20.4 Å². The molecule has 60 valence electrons. The molecule has 2 rings (SSSR count). The van der Waals surface area contributed by atoms with Crippen molar-refractivity contribution in [1.82, 2.24) is 19.9 Å². The van der Waals surface area contributed by atoms with E-state index in [0.29, 0.717) is 4.64 Å². The smallest absolute Gasteiger partial charge is 0.159 e. The summed E-state index contributed by atoms with van der Waals surface area (Å²) in [6, 6.07) is 0. The molecule has 2 aromatic rings. The van der Waals surface area contributed by atoms with Crippen molar-refractivity contribution >= 4 is 23.4 Å². The van der Waals surface area contributed by atoms with Crippen LogP contribution in [0.2, 0.25) is 0 Å². The Labute approximate surface area is 81.1 Å². The molecule has 0 radical (unpaired) electrons. The summed E-state index contributed by atoms with van der Waals surface area (Å²) in [5.74, 6) is 0. The summed E-state index contributed by atoms with van der Waals surface area (Å²) in [6.45, 7) is 0. The number of imidazole rings is 1. The molecule has 0 aliphatic rings. The average Bonchev–Trinajstić information content (AvgIpc) is 2.36. The molecule has 0 amide bonds. The van der Waals surface area contributed by atoms with E-state index in [4.69, 9.17) is 12.2 Å². The molecule has 11 heavy (non-hydrogen) atoms. The molecule has 0 bridgehead atoms. The molecule has 0 spiro atoms. The first-order chi connectivity index (χ1) is 4.88. The standard InChI is InChI=1S/C5H4N4S.Pd/c10-5-3-4(7-1-6-3)8-2-9-5;/h1-2H,(H2,6,7,8,9,10);. The summed E-state index contributed by atoms with van der Waals surface area (Å²) in [6.07, 6.45) is 3.12. The van der Waals surface area contributed by atoms with Gasteiger partial charge in [0.25, 0.3) is 0 Å². The third kappa shape index (κ3) is 1.38. The van der Waals surface area contributed by atoms with E-state index >= 15 is 0 Å². The number of rotatable bonds is 0. The first-order valence-electron chi connectivity index (χ1n) is 2.75. The number of hydrogen-bond acceptors (Lipinski definition) is 3. The minimum absolute atomic E-state index is 0. The van der Waals surface area contributed by atoms with Crippen LogP contribution >= 0.6 is 12.2 Å². The van der Waals surface area contributed by atoms with Gasteiger partial charge in [0.05, 0.1) is 12.7 Å².